The summed E-state index contributed by atoms with van der Waals surface area (Å²) in [7, 11) is 1.50. The lowest BCUT2D eigenvalue weighted by atomic mass is 9.82. The number of amides is 4. The number of carbonyl (C=O) groups is 5. The zero-order chi connectivity index (χ0) is 40.0. The van der Waals surface area contributed by atoms with Gasteiger partial charge in [-0.3, -0.25) is 14.4 Å². The van der Waals surface area contributed by atoms with E-state index in [1.807, 2.05) is 52.0 Å². The molecule has 5 N–H and O–H groups in total. The number of nitrogens with one attached hydrogen (secondary N) is 4. The summed E-state index contributed by atoms with van der Waals surface area (Å²) in [5, 5.41) is 20.2. The minimum absolute atomic E-state index is 0.108. The van der Waals surface area contributed by atoms with Gasteiger partial charge in [-0.05, 0) is 67.5 Å². The molecule has 54 heavy (non-hydrogen) atoms. The average Bonchev–Trinajstić information content (AvgIpc) is 3.89. The lowest BCUT2D eigenvalue weighted by Gasteiger charge is -2.35. The first-order valence-corrected chi connectivity index (χ1v) is 18.5. The SMILES string of the molecule is COc1ccc(C[C@H]2NC(=O)/C=C/C[C@@H](C(C)[C@H]3O[C@@H]3c3ccc(CNC(=O)O)cc3)OC(=O)[C@H](CC(C)(C)C)NC(=O)C(C)(C)[C@H](C)NC2=O)cc1Cl. The van der Waals surface area contributed by atoms with E-state index in [-0.39, 0.29) is 49.3 Å². The van der Waals surface area contributed by atoms with E-state index >= 15 is 0 Å². The molecule has 0 aromatic heterocycles. The van der Waals surface area contributed by atoms with Gasteiger partial charge in [-0.25, -0.2) is 9.59 Å². The van der Waals surface area contributed by atoms with Gasteiger partial charge in [0.05, 0.1) is 23.7 Å². The number of rotatable bonds is 9. The minimum Gasteiger partial charge on any atom is -0.495 e. The normalized spacial score (nSPS) is 26.3. The maximum absolute atomic E-state index is 14.0. The molecular weight excluding hydrogens is 716 g/mol. The molecule has 2 heterocycles. The number of carbonyl (C=O) groups excluding carboxylic acids is 4. The molecule has 7 atom stereocenters. The van der Waals surface area contributed by atoms with Crippen LogP contribution in [0.5, 0.6) is 5.75 Å². The summed E-state index contributed by atoms with van der Waals surface area (Å²) in [5.41, 5.74) is 0.813. The van der Waals surface area contributed by atoms with E-state index in [1.165, 1.54) is 13.2 Å². The largest absolute Gasteiger partial charge is 0.495 e. The van der Waals surface area contributed by atoms with E-state index in [0.717, 1.165) is 11.1 Å². The quantitative estimate of drug-likeness (QED) is 0.168. The maximum Gasteiger partial charge on any atom is 0.404 e. The highest BCUT2D eigenvalue weighted by Gasteiger charge is 2.48. The second-order valence-corrected chi connectivity index (χ2v) is 16.3. The van der Waals surface area contributed by atoms with E-state index in [1.54, 1.807) is 45.0 Å². The highest BCUT2D eigenvalue weighted by molar-refractivity contribution is 6.32. The fourth-order valence-corrected chi connectivity index (χ4v) is 6.54. The van der Waals surface area contributed by atoms with Crippen molar-refractivity contribution >= 4 is 41.4 Å². The Morgan fingerprint density at radius 3 is 2.31 bits per heavy atom. The zero-order valence-electron chi connectivity index (χ0n) is 32.2. The number of esters is 1. The number of hydrogen-bond donors (Lipinski definition) is 5. The summed E-state index contributed by atoms with van der Waals surface area (Å²) < 4.78 is 17.5. The Kier molecular flexibility index (Phi) is 13.8. The summed E-state index contributed by atoms with van der Waals surface area (Å²) in [6, 6.07) is 9.77. The van der Waals surface area contributed by atoms with Crippen molar-refractivity contribution in [2.45, 2.75) is 111 Å². The lowest BCUT2D eigenvalue weighted by Crippen LogP contribution is -2.58. The fourth-order valence-electron chi connectivity index (χ4n) is 6.26. The molecule has 0 bridgehead atoms. The van der Waals surface area contributed by atoms with Crippen molar-refractivity contribution in [2.24, 2.45) is 16.7 Å². The Balaban J connectivity index is 1.63. The molecule has 2 aromatic rings. The third kappa shape index (κ3) is 11.4. The molecule has 14 heteroatoms. The molecule has 0 radical (unpaired) electrons. The molecule has 2 aromatic carbocycles. The van der Waals surface area contributed by atoms with Gasteiger partial charge in [0.15, 0.2) is 0 Å². The van der Waals surface area contributed by atoms with Gasteiger partial charge in [0.25, 0.3) is 0 Å². The topological polar surface area (TPSA) is 185 Å². The number of carboxylic acid groups (broad SMARTS) is 1. The van der Waals surface area contributed by atoms with Gasteiger partial charge in [0.1, 0.15) is 30.0 Å². The Bertz CT molecular complexity index is 1720. The first-order chi connectivity index (χ1) is 25.3. The van der Waals surface area contributed by atoms with Gasteiger partial charge in [-0.1, -0.05) is 75.7 Å². The molecule has 0 aliphatic carbocycles. The lowest BCUT2D eigenvalue weighted by molar-refractivity contribution is -0.157. The van der Waals surface area contributed by atoms with Crippen molar-refractivity contribution in [3.8, 4) is 5.75 Å². The van der Waals surface area contributed by atoms with Gasteiger partial charge >= 0.3 is 12.1 Å². The van der Waals surface area contributed by atoms with Crippen LogP contribution in [0.4, 0.5) is 4.79 Å². The van der Waals surface area contributed by atoms with Crippen LogP contribution >= 0.6 is 11.6 Å². The molecular formula is C40H53ClN4O9. The third-order valence-corrected chi connectivity index (χ3v) is 10.3. The summed E-state index contributed by atoms with van der Waals surface area (Å²) in [5.74, 6) is -1.96. The molecule has 4 amide bonds. The summed E-state index contributed by atoms with van der Waals surface area (Å²) >= 11 is 6.36. The van der Waals surface area contributed by atoms with Crippen molar-refractivity contribution in [2.75, 3.05) is 7.11 Å². The zero-order valence-corrected chi connectivity index (χ0v) is 32.9. The minimum atomic E-state index is -1.18. The predicted molar refractivity (Wildman–Crippen MR) is 203 cm³/mol. The Labute approximate surface area is 321 Å². The van der Waals surface area contributed by atoms with Crippen LogP contribution in [-0.2, 0) is 41.6 Å². The van der Waals surface area contributed by atoms with E-state index in [9.17, 15) is 24.0 Å². The first kappa shape index (κ1) is 42.1. The summed E-state index contributed by atoms with van der Waals surface area (Å²) in [6.45, 7) is 13.0. The van der Waals surface area contributed by atoms with Gasteiger partial charge in [0, 0.05) is 31.3 Å². The molecule has 0 saturated carbocycles. The molecule has 1 fully saturated rings. The monoisotopic (exact) mass is 768 g/mol. The summed E-state index contributed by atoms with van der Waals surface area (Å²) in [6.07, 6.45) is 0.997. The highest BCUT2D eigenvalue weighted by Crippen LogP contribution is 2.45. The Hall–Kier alpha value is -4.62. The van der Waals surface area contributed by atoms with Crippen molar-refractivity contribution in [3.63, 3.8) is 0 Å². The molecule has 0 spiro atoms. The molecule has 294 valence electrons. The second kappa shape index (κ2) is 17.7. The maximum atomic E-state index is 14.0. The third-order valence-electron chi connectivity index (χ3n) is 10.0. The van der Waals surface area contributed by atoms with E-state index < -0.39 is 59.4 Å². The van der Waals surface area contributed by atoms with Gasteiger partial charge in [-0.15, -0.1) is 0 Å². The van der Waals surface area contributed by atoms with E-state index in [4.69, 9.17) is 30.9 Å². The van der Waals surface area contributed by atoms with Crippen LogP contribution in [0, 0.1) is 16.7 Å². The number of ether oxygens (including phenoxy) is 3. The number of methoxy groups -OCH3 is 1. The Morgan fingerprint density at radius 1 is 1.04 bits per heavy atom. The molecule has 13 nitrogen and oxygen atoms in total. The molecule has 2 aliphatic rings. The number of halogens is 1. The van der Waals surface area contributed by atoms with Gasteiger partial charge < -0.3 is 40.6 Å². The van der Waals surface area contributed by atoms with Crippen LogP contribution in [0.25, 0.3) is 0 Å². The van der Waals surface area contributed by atoms with Crippen LogP contribution in [0.2, 0.25) is 5.02 Å². The number of hydrogen-bond acceptors (Lipinski definition) is 8. The van der Waals surface area contributed by atoms with Crippen LogP contribution in [0.3, 0.4) is 0 Å². The van der Waals surface area contributed by atoms with E-state index in [0.29, 0.717) is 16.3 Å². The smallest absolute Gasteiger partial charge is 0.404 e. The van der Waals surface area contributed by atoms with Crippen LogP contribution < -0.4 is 26.0 Å². The van der Waals surface area contributed by atoms with Gasteiger partial charge in [-0.2, -0.15) is 0 Å². The molecule has 1 saturated heterocycles. The molecule has 1 unspecified atom stereocenters. The van der Waals surface area contributed by atoms with Crippen LogP contribution in [0.1, 0.15) is 84.1 Å². The number of benzene rings is 2. The van der Waals surface area contributed by atoms with Crippen LogP contribution in [-0.4, -0.2) is 72.3 Å². The standard InChI is InChI=1S/C40H53ClN4O9/c1-22(33-34(54-33)26-15-12-24(13-16-26)21-42-38(50)51)30-10-9-11-32(46)44-28(19-25-14-17-31(52-8)27(41)18-25)35(47)43-23(2)40(6,7)37(49)45-29(36(48)53-30)20-39(3,4)5/h9,11-18,22-23,28-30,33-34,42H,10,19-21H2,1-8H3,(H,43,47)(H,44,46)(H,45,49)(H,50,51)/b11-9+/t22?,23-,28+,29-,30-,33+,34+/m0/s1. The highest BCUT2D eigenvalue weighted by atomic mass is 35.5. The van der Waals surface area contributed by atoms with Crippen molar-refractivity contribution in [1.29, 1.82) is 0 Å². The van der Waals surface area contributed by atoms with Crippen molar-refractivity contribution in [1.82, 2.24) is 21.3 Å². The average molecular weight is 769 g/mol. The van der Waals surface area contributed by atoms with Crippen molar-refractivity contribution < 1.29 is 43.3 Å². The van der Waals surface area contributed by atoms with Crippen LogP contribution in [0.15, 0.2) is 54.6 Å². The number of epoxide rings is 1. The summed E-state index contributed by atoms with van der Waals surface area (Å²) in [4.78, 5) is 65.9. The molecule has 4 rings (SSSR count). The second-order valence-electron chi connectivity index (χ2n) is 15.9. The van der Waals surface area contributed by atoms with Gasteiger partial charge in [0.2, 0.25) is 17.7 Å². The Morgan fingerprint density at radius 2 is 1.70 bits per heavy atom. The molecule has 2 aliphatic heterocycles. The van der Waals surface area contributed by atoms with Crippen molar-refractivity contribution in [3.05, 3.63) is 76.3 Å². The van der Waals surface area contributed by atoms with E-state index in [2.05, 4.69) is 21.3 Å². The predicted octanol–water partition coefficient (Wildman–Crippen LogP) is 5.24. The number of cyclic esters (lactones) is 1. The fraction of sp³-hybridized carbons (Fsp3) is 0.525. The first-order valence-electron chi connectivity index (χ1n) is 18.1.